The molecule has 224 valence electrons. The molecule has 13 nitrogen and oxygen atoms in total. The maximum absolute atomic E-state index is 13.9. The van der Waals surface area contributed by atoms with Gasteiger partial charge in [-0.05, 0) is 67.9 Å². The van der Waals surface area contributed by atoms with Gasteiger partial charge in [0.1, 0.15) is 0 Å². The molecular weight excluding hydrogens is 610 g/mol. The number of H-pyrrole nitrogens is 1. The lowest BCUT2D eigenvalue weighted by atomic mass is 9.95. The summed E-state index contributed by atoms with van der Waals surface area (Å²) in [5.74, 6) is 0.434. The molecule has 1 atom stereocenters. The molecule has 2 aliphatic rings. The lowest BCUT2D eigenvalue weighted by Crippen LogP contribution is -2.39. The van der Waals surface area contributed by atoms with Crippen LogP contribution >= 0.6 is 23.1 Å². The number of thiazole rings is 1. The van der Waals surface area contributed by atoms with E-state index in [4.69, 9.17) is 14.2 Å². The standard InChI is InChI=1S/C29H23N5O8S2/c1-4-40-27(37)24-15(3)31-29-33(25(24)17-6-7-19-20(12-17)42-13-41-19)26(36)22(44-29)11-16-5-8-21(18(10-16)34(38)39)43-28-30-14(2)9-23(35)32-28/h5-12,25H,4,13H2,1-3H3,(H,30,32,35)/b22-11+/t25-/m0/s1. The van der Waals surface area contributed by atoms with Crippen LogP contribution in [0.15, 0.2) is 78.4 Å². The van der Waals surface area contributed by atoms with Crippen molar-refractivity contribution in [2.75, 3.05) is 13.4 Å². The maximum atomic E-state index is 13.9. The number of hydrogen-bond acceptors (Lipinski definition) is 12. The number of carbonyl (C=O) groups excluding carboxylic acids is 1. The highest BCUT2D eigenvalue weighted by Gasteiger charge is 2.34. The second kappa shape index (κ2) is 11.6. The van der Waals surface area contributed by atoms with Gasteiger partial charge in [0, 0.05) is 17.8 Å². The molecule has 0 bridgehead atoms. The van der Waals surface area contributed by atoms with Crippen molar-refractivity contribution >= 4 is 40.8 Å². The van der Waals surface area contributed by atoms with Crippen molar-refractivity contribution < 1.29 is 23.9 Å². The van der Waals surface area contributed by atoms with Crippen LogP contribution in [0.25, 0.3) is 6.08 Å². The molecule has 4 aromatic rings. The summed E-state index contributed by atoms with van der Waals surface area (Å²) in [6.07, 6.45) is 1.54. The third kappa shape index (κ3) is 5.42. The third-order valence-electron chi connectivity index (χ3n) is 6.76. The smallest absolute Gasteiger partial charge is 0.338 e. The molecule has 0 fully saturated rings. The van der Waals surface area contributed by atoms with E-state index < -0.39 is 22.5 Å². The lowest BCUT2D eigenvalue weighted by Gasteiger charge is -2.24. The van der Waals surface area contributed by atoms with E-state index in [2.05, 4.69) is 15.0 Å². The minimum absolute atomic E-state index is 0.0595. The SMILES string of the molecule is CCOC(=O)C1=C(C)N=c2s/c(=C/c3ccc(Sc4nc(C)cc(=O)[nH]4)c([N+](=O)[O-])c3)c(=O)n2[C@H]1c1ccc2c(c1)OCO2. The molecule has 44 heavy (non-hydrogen) atoms. The number of fused-ring (bicyclic) bond motifs is 2. The van der Waals surface area contributed by atoms with Crippen LogP contribution in [0.3, 0.4) is 0 Å². The van der Waals surface area contributed by atoms with Crippen molar-refractivity contribution in [2.45, 2.75) is 36.9 Å². The Bertz CT molecular complexity index is 2130. The van der Waals surface area contributed by atoms with E-state index in [1.807, 2.05) is 0 Å². The van der Waals surface area contributed by atoms with Crippen molar-refractivity contribution in [1.29, 1.82) is 0 Å². The van der Waals surface area contributed by atoms with Gasteiger partial charge >= 0.3 is 5.97 Å². The minimum Gasteiger partial charge on any atom is -0.463 e. The van der Waals surface area contributed by atoms with Gasteiger partial charge in [-0.3, -0.25) is 24.3 Å². The van der Waals surface area contributed by atoms with Gasteiger partial charge in [-0.1, -0.05) is 23.5 Å². The number of esters is 1. The van der Waals surface area contributed by atoms with Crippen molar-refractivity contribution in [2.24, 2.45) is 4.99 Å². The molecular formula is C29H23N5O8S2. The van der Waals surface area contributed by atoms with Crippen molar-refractivity contribution in [3.05, 3.63) is 111 Å². The van der Waals surface area contributed by atoms with Gasteiger partial charge in [0.2, 0.25) is 6.79 Å². The Morgan fingerprint density at radius 2 is 2.00 bits per heavy atom. The van der Waals surface area contributed by atoms with Gasteiger partial charge in [0.25, 0.3) is 16.8 Å². The van der Waals surface area contributed by atoms with E-state index in [0.29, 0.717) is 38.8 Å². The first-order chi connectivity index (χ1) is 21.1. The highest BCUT2D eigenvalue weighted by Crippen LogP contribution is 2.38. The molecule has 0 aliphatic carbocycles. The van der Waals surface area contributed by atoms with Gasteiger partial charge in [-0.2, -0.15) is 0 Å². The monoisotopic (exact) mass is 633 g/mol. The predicted molar refractivity (Wildman–Crippen MR) is 160 cm³/mol. The van der Waals surface area contributed by atoms with Crippen LogP contribution in [0.1, 0.15) is 36.7 Å². The quantitative estimate of drug-likeness (QED) is 0.138. The molecule has 0 spiro atoms. The number of nitro benzene ring substituents is 1. The van der Waals surface area contributed by atoms with E-state index in [-0.39, 0.29) is 44.8 Å². The van der Waals surface area contributed by atoms with E-state index >= 15 is 0 Å². The van der Waals surface area contributed by atoms with E-state index in [1.54, 1.807) is 45.0 Å². The highest BCUT2D eigenvalue weighted by molar-refractivity contribution is 7.99. The van der Waals surface area contributed by atoms with Crippen LogP contribution in [0.4, 0.5) is 5.69 Å². The molecule has 0 radical (unpaired) electrons. The first kappa shape index (κ1) is 29.1. The molecule has 2 aromatic carbocycles. The Balaban J connectivity index is 1.45. The van der Waals surface area contributed by atoms with Gasteiger partial charge in [-0.15, -0.1) is 0 Å². The van der Waals surface area contributed by atoms with Gasteiger partial charge in [-0.25, -0.2) is 14.8 Å². The number of hydrogen-bond donors (Lipinski definition) is 1. The van der Waals surface area contributed by atoms with Crippen LogP contribution in [0.5, 0.6) is 11.5 Å². The molecule has 0 amide bonds. The number of ether oxygens (including phenoxy) is 3. The number of carbonyl (C=O) groups is 1. The summed E-state index contributed by atoms with van der Waals surface area (Å²) in [5, 5.41) is 12.2. The Kier molecular flexibility index (Phi) is 7.65. The first-order valence-electron chi connectivity index (χ1n) is 13.3. The van der Waals surface area contributed by atoms with Crippen molar-refractivity contribution in [1.82, 2.24) is 14.5 Å². The summed E-state index contributed by atoms with van der Waals surface area (Å²) in [4.78, 5) is 62.3. The fourth-order valence-electron chi connectivity index (χ4n) is 4.90. The summed E-state index contributed by atoms with van der Waals surface area (Å²) in [5.41, 5.74) is 1.06. The molecule has 2 aliphatic heterocycles. The number of nitro groups is 1. The summed E-state index contributed by atoms with van der Waals surface area (Å²) in [6.45, 7) is 5.22. The summed E-state index contributed by atoms with van der Waals surface area (Å²) in [7, 11) is 0. The molecule has 0 unspecified atom stereocenters. The number of allylic oxidation sites excluding steroid dienone is 1. The summed E-state index contributed by atoms with van der Waals surface area (Å²) >= 11 is 2.05. The zero-order valence-corrected chi connectivity index (χ0v) is 25.1. The lowest BCUT2D eigenvalue weighted by molar-refractivity contribution is -0.387. The van der Waals surface area contributed by atoms with E-state index in [1.165, 1.54) is 28.8 Å². The van der Waals surface area contributed by atoms with Crippen LogP contribution in [-0.2, 0) is 9.53 Å². The van der Waals surface area contributed by atoms with Crippen LogP contribution in [0.2, 0.25) is 0 Å². The van der Waals surface area contributed by atoms with E-state index in [9.17, 15) is 24.5 Å². The highest BCUT2D eigenvalue weighted by atomic mass is 32.2. The van der Waals surface area contributed by atoms with Gasteiger partial charge in [0.05, 0.1) is 38.3 Å². The maximum Gasteiger partial charge on any atom is 0.338 e. The number of aromatic nitrogens is 3. The minimum atomic E-state index is -0.862. The fourth-order valence-corrected chi connectivity index (χ4v) is 6.87. The summed E-state index contributed by atoms with van der Waals surface area (Å²) in [6, 6.07) is 10.2. The van der Waals surface area contributed by atoms with Gasteiger partial charge < -0.3 is 19.2 Å². The molecule has 15 heteroatoms. The Morgan fingerprint density at radius 3 is 2.75 bits per heavy atom. The average Bonchev–Trinajstić information content (AvgIpc) is 3.56. The Hall–Kier alpha value is -5.02. The number of aryl methyl sites for hydroxylation is 1. The molecule has 0 saturated carbocycles. The number of aromatic amines is 1. The van der Waals surface area contributed by atoms with Crippen LogP contribution in [-0.4, -0.2) is 38.8 Å². The zero-order chi connectivity index (χ0) is 31.1. The Morgan fingerprint density at radius 1 is 1.20 bits per heavy atom. The van der Waals surface area contributed by atoms with Crippen LogP contribution in [0, 0.1) is 17.0 Å². The van der Waals surface area contributed by atoms with Crippen molar-refractivity contribution in [3.8, 4) is 11.5 Å². The normalized spacial score (nSPS) is 15.6. The molecule has 2 aromatic heterocycles. The fraction of sp³-hybridized carbons (Fsp3) is 0.207. The first-order valence-corrected chi connectivity index (χ1v) is 14.9. The number of rotatable bonds is 7. The number of benzene rings is 2. The largest absolute Gasteiger partial charge is 0.463 e. The molecule has 1 N–H and O–H groups in total. The van der Waals surface area contributed by atoms with Crippen LogP contribution < -0.4 is 29.9 Å². The second-order valence-electron chi connectivity index (χ2n) is 9.69. The van der Waals surface area contributed by atoms with Crippen molar-refractivity contribution in [3.63, 3.8) is 0 Å². The summed E-state index contributed by atoms with van der Waals surface area (Å²) < 4.78 is 18.0. The van der Waals surface area contributed by atoms with Gasteiger partial charge in [0.15, 0.2) is 21.5 Å². The molecule has 4 heterocycles. The molecule has 6 rings (SSSR count). The number of nitrogens with zero attached hydrogens (tertiary/aromatic N) is 4. The average molecular weight is 634 g/mol. The predicted octanol–water partition coefficient (Wildman–Crippen LogP) is 2.98. The number of nitrogens with one attached hydrogen (secondary N) is 1. The zero-order valence-electron chi connectivity index (χ0n) is 23.5. The third-order valence-corrected chi connectivity index (χ3v) is 8.70. The molecule has 0 saturated heterocycles. The topological polar surface area (TPSA) is 168 Å². The Labute approximate surface area is 256 Å². The second-order valence-corrected chi connectivity index (χ2v) is 11.7. The van der Waals surface area contributed by atoms with E-state index in [0.717, 1.165) is 23.1 Å².